The molecule has 0 fully saturated rings. The van der Waals surface area contributed by atoms with Gasteiger partial charge in [0.1, 0.15) is 5.75 Å². The van der Waals surface area contributed by atoms with Gasteiger partial charge in [-0.15, -0.1) is 0 Å². The van der Waals surface area contributed by atoms with Crippen molar-refractivity contribution in [2.45, 2.75) is 24.8 Å². The van der Waals surface area contributed by atoms with E-state index in [1.165, 1.54) is 0 Å². The molecular weight excluding hydrogens is 508 g/mol. The highest BCUT2D eigenvalue weighted by Crippen LogP contribution is 2.47. The van der Waals surface area contributed by atoms with E-state index in [0.29, 0.717) is 17.9 Å². The lowest BCUT2D eigenvalue weighted by Crippen LogP contribution is -2.27. The van der Waals surface area contributed by atoms with Gasteiger partial charge in [0.05, 0.1) is 38.7 Å². The molecule has 1 aliphatic heterocycles. The maximum absolute atomic E-state index is 13.8. The summed E-state index contributed by atoms with van der Waals surface area (Å²) in [6.45, 7) is 0. The molecule has 0 spiro atoms. The molecule has 0 saturated carbocycles. The monoisotopic (exact) mass is 534 g/mol. The fourth-order valence-electron chi connectivity index (χ4n) is 4.93. The van der Waals surface area contributed by atoms with Crippen LogP contribution in [0.15, 0.2) is 76.4 Å². The standard InChI is InChI=1S/C28H27BrN2O4/c1-33-18-10-8-16(9-11-18)17-12-23-27(24(32)13-17)28(31-22-7-5-4-6-21(22)30-23)19-14-25(34-2)26(35-3)15-20(19)29/h4-11,14-15,17,28,30-31H,12-13H2,1-3H3/t17-,28-/m1/s1. The normalized spacial score (nSPS) is 19.0. The Hall–Kier alpha value is -3.45. The third-order valence-electron chi connectivity index (χ3n) is 6.71. The Bertz CT molecular complexity index is 1300. The van der Waals surface area contributed by atoms with Crippen LogP contribution in [-0.4, -0.2) is 27.1 Å². The molecule has 3 aromatic rings. The molecule has 0 bridgehead atoms. The minimum atomic E-state index is -0.361. The van der Waals surface area contributed by atoms with Crippen LogP contribution in [0.5, 0.6) is 17.2 Å². The summed E-state index contributed by atoms with van der Waals surface area (Å²) in [4.78, 5) is 13.8. The number of carbonyl (C=O) groups is 1. The Kier molecular flexibility index (Phi) is 6.43. The zero-order valence-corrected chi connectivity index (χ0v) is 21.4. The van der Waals surface area contributed by atoms with E-state index in [2.05, 4.69) is 26.6 Å². The molecule has 2 aliphatic rings. The quantitative estimate of drug-likeness (QED) is 0.391. The van der Waals surface area contributed by atoms with Gasteiger partial charge in [-0.3, -0.25) is 4.79 Å². The number of rotatable bonds is 5. The fourth-order valence-corrected chi connectivity index (χ4v) is 5.48. The molecule has 5 rings (SSSR count). The van der Waals surface area contributed by atoms with Crippen LogP contribution in [0.2, 0.25) is 0 Å². The number of ether oxygens (including phenoxy) is 3. The van der Waals surface area contributed by atoms with Crippen LogP contribution >= 0.6 is 15.9 Å². The minimum absolute atomic E-state index is 0.0828. The van der Waals surface area contributed by atoms with Crippen molar-refractivity contribution >= 4 is 33.1 Å². The second-order valence-corrected chi connectivity index (χ2v) is 9.52. The first-order chi connectivity index (χ1) is 17.0. The van der Waals surface area contributed by atoms with Crippen LogP contribution in [0.1, 0.15) is 35.9 Å². The molecule has 2 atom stereocenters. The molecule has 6 nitrogen and oxygen atoms in total. The number of benzene rings is 3. The van der Waals surface area contributed by atoms with Crippen LogP contribution in [0.4, 0.5) is 11.4 Å². The van der Waals surface area contributed by atoms with E-state index in [0.717, 1.165) is 50.4 Å². The summed E-state index contributed by atoms with van der Waals surface area (Å²) in [5.41, 5.74) is 5.60. The van der Waals surface area contributed by atoms with Gasteiger partial charge in [-0.25, -0.2) is 0 Å². The van der Waals surface area contributed by atoms with Crippen LogP contribution in [0.3, 0.4) is 0 Å². The van der Waals surface area contributed by atoms with Crippen molar-refractivity contribution in [1.82, 2.24) is 0 Å². The topological polar surface area (TPSA) is 68.8 Å². The van der Waals surface area contributed by atoms with Crippen molar-refractivity contribution < 1.29 is 19.0 Å². The number of allylic oxidation sites excluding steroid dienone is 1. The number of halogens is 1. The van der Waals surface area contributed by atoms with Gasteiger partial charge in [-0.2, -0.15) is 0 Å². The van der Waals surface area contributed by atoms with E-state index in [-0.39, 0.29) is 17.7 Å². The van der Waals surface area contributed by atoms with Crippen LogP contribution in [0.25, 0.3) is 0 Å². The first-order valence-electron chi connectivity index (χ1n) is 11.5. The first kappa shape index (κ1) is 23.3. The Balaban J connectivity index is 1.62. The lowest BCUT2D eigenvalue weighted by Gasteiger charge is -2.30. The van der Waals surface area contributed by atoms with Crippen LogP contribution in [0, 0.1) is 0 Å². The summed E-state index contributed by atoms with van der Waals surface area (Å²) in [6, 6.07) is 19.5. The van der Waals surface area contributed by atoms with Gasteiger partial charge in [-0.1, -0.05) is 40.2 Å². The average molecular weight is 535 g/mol. The summed E-state index contributed by atoms with van der Waals surface area (Å²) in [5.74, 6) is 2.24. The average Bonchev–Trinajstić information content (AvgIpc) is 3.05. The van der Waals surface area contributed by atoms with E-state index in [1.807, 2.05) is 60.7 Å². The van der Waals surface area contributed by atoms with Crippen molar-refractivity contribution in [2.75, 3.05) is 32.0 Å². The lowest BCUT2D eigenvalue weighted by atomic mass is 9.78. The van der Waals surface area contributed by atoms with E-state index in [9.17, 15) is 4.79 Å². The van der Waals surface area contributed by atoms with Gasteiger partial charge in [0.2, 0.25) is 0 Å². The predicted octanol–water partition coefficient (Wildman–Crippen LogP) is 6.45. The largest absolute Gasteiger partial charge is 0.497 e. The highest BCUT2D eigenvalue weighted by atomic mass is 79.9. The number of hydrogen-bond donors (Lipinski definition) is 2. The molecule has 2 N–H and O–H groups in total. The molecule has 0 aromatic heterocycles. The second-order valence-electron chi connectivity index (χ2n) is 8.67. The molecule has 7 heteroatoms. The Morgan fingerprint density at radius 2 is 1.54 bits per heavy atom. The molecular formula is C28H27BrN2O4. The van der Waals surface area contributed by atoms with Gasteiger partial charge in [-0.05, 0) is 59.9 Å². The Morgan fingerprint density at radius 1 is 0.857 bits per heavy atom. The third-order valence-corrected chi connectivity index (χ3v) is 7.40. The fraction of sp³-hybridized carbons (Fsp3) is 0.250. The molecule has 0 saturated heterocycles. The zero-order valence-electron chi connectivity index (χ0n) is 19.9. The van der Waals surface area contributed by atoms with Crippen molar-refractivity contribution in [3.8, 4) is 17.2 Å². The molecule has 1 heterocycles. The van der Waals surface area contributed by atoms with Crippen LogP contribution < -0.4 is 24.8 Å². The van der Waals surface area contributed by atoms with Crippen molar-refractivity contribution in [1.29, 1.82) is 0 Å². The maximum atomic E-state index is 13.8. The zero-order chi connectivity index (χ0) is 24.5. The maximum Gasteiger partial charge on any atom is 0.163 e. The first-order valence-corrected chi connectivity index (χ1v) is 12.3. The Labute approximate surface area is 213 Å². The van der Waals surface area contributed by atoms with Crippen molar-refractivity contribution in [2.24, 2.45) is 0 Å². The van der Waals surface area contributed by atoms with Gasteiger partial charge in [0.15, 0.2) is 17.3 Å². The van der Waals surface area contributed by atoms with Gasteiger partial charge >= 0.3 is 0 Å². The summed E-state index contributed by atoms with van der Waals surface area (Å²) in [6.07, 6.45) is 1.16. The number of methoxy groups -OCH3 is 3. The number of ketones is 1. The molecule has 1 aliphatic carbocycles. The SMILES string of the molecule is COc1ccc([C@H]2CC(=O)C3=C(C2)Nc2ccccc2N[C@@H]3c2cc(OC)c(OC)cc2Br)cc1. The third kappa shape index (κ3) is 4.36. The minimum Gasteiger partial charge on any atom is -0.497 e. The highest BCUT2D eigenvalue weighted by Gasteiger charge is 2.37. The van der Waals surface area contributed by atoms with E-state index >= 15 is 0 Å². The van der Waals surface area contributed by atoms with Crippen molar-refractivity contribution in [3.63, 3.8) is 0 Å². The number of hydrogen-bond acceptors (Lipinski definition) is 6. The van der Waals surface area contributed by atoms with Crippen LogP contribution in [-0.2, 0) is 4.79 Å². The summed E-state index contributed by atoms with van der Waals surface area (Å²) >= 11 is 3.71. The summed E-state index contributed by atoms with van der Waals surface area (Å²) < 4.78 is 17.2. The smallest absolute Gasteiger partial charge is 0.163 e. The van der Waals surface area contributed by atoms with Gasteiger partial charge in [0.25, 0.3) is 0 Å². The van der Waals surface area contributed by atoms with Gasteiger partial charge < -0.3 is 24.8 Å². The molecule has 0 amide bonds. The predicted molar refractivity (Wildman–Crippen MR) is 141 cm³/mol. The van der Waals surface area contributed by atoms with E-state index in [1.54, 1.807) is 21.3 Å². The molecule has 3 aromatic carbocycles. The summed E-state index contributed by atoms with van der Waals surface area (Å²) in [5, 5.41) is 7.21. The van der Waals surface area contributed by atoms with Crippen molar-refractivity contribution in [3.05, 3.63) is 87.5 Å². The van der Waals surface area contributed by atoms with E-state index in [4.69, 9.17) is 14.2 Å². The Morgan fingerprint density at radius 3 is 2.23 bits per heavy atom. The number of fused-ring (bicyclic) bond motifs is 1. The molecule has 0 radical (unpaired) electrons. The van der Waals surface area contributed by atoms with Gasteiger partial charge in [0, 0.05) is 22.2 Å². The lowest BCUT2D eigenvalue weighted by molar-refractivity contribution is -0.116. The molecule has 35 heavy (non-hydrogen) atoms. The molecule has 180 valence electrons. The number of anilines is 2. The number of carbonyl (C=O) groups excluding carboxylic acids is 1. The molecule has 0 unspecified atom stereocenters. The van der Waals surface area contributed by atoms with E-state index < -0.39 is 0 Å². The second kappa shape index (κ2) is 9.66. The number of para-hydroxylation sites is 2. The summed E-state index contributed by atoms with van der Waals surface area (Å²) in [7, 11) is 4.88. The highest BCUT2D eigenvalue weighted by molar-refractivity contribution is 9.10. The number of nitrogens with one attached hydrogen (secondary N) is 2. The number of Topliss-reactive ketones (excluding diaryl/α,β-unsaturated/α-hetero) is 1.